The third-order valence-corrected chi connectivity index (χ3v) is 6.80. The maximum absolute atomic E-state index is 13.6. The molecule has 1 aromatic heterocycles. The van der Waals surface area contributed by atoms with Gasteiger partial charge in [-0.2, -0.15) is 0 Å². The molecule has 0 radical (unpaired) electrons. The molecule has 2 N–H and O–H groups in total. The largest absolute Gasteiger partial charge is 0.505 e. The molecule has 1 amide bonds. The number of benzene rings is 1. The van der Waals surface area contributed by atoms with E-state index >= 15 is 0 Å². The molecule has 0 bridgehead atoms. The predicted molar refractivity (Wildman–Crippen MR) is 120 cm³/mol. The van der Waals surface area contributed by atoms with Crippen molar-refractivity contribution in [3.63, 3.8) is 0 Å². The Balaban J connectivity index is 1.68. The molecule has 4 rings (SSSR count). The van der Waals surface area contributed by atoms with E-state index in [1.54, 1.807) is 6.21 Å². The van der Waals surface area contributed by atoms with Crippen LogP contribution < -0.4 is 10.9 Å². The van der Waals surface area contributed by atoms with E-state index in [0.717, 1.165) is 18.4 Å². The fraction of sp³-hybridized carbons (Fsp3) is 0.409. The molecule has 34 heavy (non-hydrogen) atoms. The molecular formula is C22H24FN3O7S. The van der Waals surface area contributed by atoms with E-state index in [0.29, 0.717) is 31.7 Å². The Morgan fingerprint density at radius 1 is 1.35 bits per heavy atom. The van der Waals surface area contributed by atoms with Crippen LogP contribution in [-0.2, 0) is 38.8 Å². The normalized spacial score (nSPS) is 17.9. The summed E-state index contributed by atoms with van der Waals surface area (Å²) in [5, 5.41) is 13.2. The average Bonchev–Trinajstić information content (AvgIpc) is 2.81. The molecule has 0 spiro atoms. The number of aromatic nitrogens is 1. The SMILES string of the molecule is CS(=O)(=O)c1cc(F)ccc1CNC(=O)c1c(O)c2c(n(CC3COCCO3)c1=O)CCC=N2. The minimum absolute atomic E-state index is 0.118. The summed E-state index contributed by atoms with van der Waals surface area (Å²) in [6.07, 6.45) is 3.13. The van der Waals surface area contributed by atoms with E-state index < -0.39 is 44.5 Å². The molecule has 10 nitrogen and oxygen atoms in total. The zero-order chi connectivity index (χ0) is 24.5. The van der Waals surface area contributed by atoms with Crippen LogP contribution in [0.2, 0.25) is 0 Å². The van der Waals surface area contributed by atoms with E-state index in [2.05, 4.69) is 10.3 Å². The highest BCUT2D eigenvalue weighted by molar-refractivity contribution is 7.90. The number of nitrogens with one attached hydrogen (secondary N) is 1. The van der Waals surface area contributed by atoms with Crippen molar-refractivity contribution in [2.75, 3.05) is 26.1 Å². The van der Waals surface area contributed by atoms with Crippen LogP contribution in [0.3, 0.4) is 0 Å². The Hall–Kier alpha value is -3.09. The van der Waals surface area contributed by atoms with E-state index in [9.17, 15) is 27.5 Å². The van der Waals surface area contributed by atoms with Crippen molar-refractivity contribution in [3.05, 3.63) is 51.2 Å². The number of amides is 1. The van der Waals surface area contributed by atoms with Gasteiger partial charge in [-0.1, -0.05) is 6.07 Å². The highest BCUT2D eigenvalue weighted by atomic mass is 32.2. The molecule has 12 heteroatoms. The van der Waals surface area contributed by atoms with Crippen molar-refractivity contribution in [3.8, 4) is 5.75 Å². The maximum Gasteiger partial charge on any atom is 0.267 e. The third-order valence-electron chi connectivity index (χ3n) is 5.62. The van der Waals surface area contributed by atoms with Crippen molar-refractivity contribution in [2.24, 2.45) is 4.99 Å². The number of hydrogen-bond acceptors (Lipinski definition) is 8. The third kappa shape index (κ3) is 4.88. The first-order valence-electron chi connectivity index (χ1n) is 10.6. The van der Waals surface area contributed by atoms with Gasteiger partial charge in [-0.15, -0.1) is 0 Å². The molecule has 1 atom stereocenters. The van der Waals surface area contributed by atoms with Crippen LogP contribution in [0.25, 0.3) is 0 Å². The number of ether oxygens (including phenoxy) is 2. The second kappa shape index (κ2) is 9.65. The van der Waals surface area contributed by atoms with Crippen LogP contribution in [0, 0.1) is 5.82 Å². The van der Waals surface area contributed by atoms with Gasteiger partial charge >= 0.3 is 0 Å². The number of nitrogens with zero attached hydrogens (tertiary/aromatic N) is 2. The molecule has 1 fully saturated rings. The topological polar surface area (TPSA) is 136 Å². The molecule has 2 aliphatic heterocycles. The number of sulfone groups is 1. The number of fused-ring (bicyclic) bond motifs is 1. The Labute approximate surface area is 195 Å². The summed E-state index contributed by atoms with van der Waals surface area (Å²) in [6, 6.07) is 3.17. The number of hydrogen-bond donors (Lipinski definition) is 2. The van der Waals surface area contributed by atoms with Gasteiger partial charge in [0.15, 0.2) is 15.6 Å². The molecule has 2 aromatic rings. The van der Waals surface area contributed by atoms with Gasteiger partial charge in [0, 0.05) is 19.0 Å². The highest BCUT2D eigenvalue weighted by Gasteiger charge is 2.29. The Morgan fingerprint density at radius 2 is 2.15 bits per heavy atom. The van der Waals surface area contributed by atoms with Crippen molar-refractivity contribution >= 4 is 27.6 Å². The lowest BCUT2D eigenvalue weighted by molar-refractivity contribution is -0.0941. The smallest absolute Gasteiger partial charge is 0.267 e. The van der Waals surface area contributed by atoms with Crippen molar-refractivity contribution in [1.29, 1.82) is 0 Å². The van der Waals surface area contributed by atoms with E-state index in [4.69, 9.17) is 9.47 Å². The molecular weight excluding hydrogens is 469 g/mol. The van der Waals surface area contributed by atoms with Crippen LogP contribution in [-0.4, -0.2) is 62.4 Å². The second-order valence-electron chi connectivity index (χ2n) is 8.06. The second-order valence-corrected chi connectivity index (χ2v) is 10.0. The zero-order valence-electron chi connectivity index (χ0n) is 18.4. The number of halogens is 1. The number of rotatable bonds is 6. The summed E-state index contributed by atoms with van der Waals surface area (Å²) in [5.41, 5.74) is -0.472. The molecule has 0 aliphatic carbocycles. The first-order chi connectivity index (χ1) is 16.2. The summed E-state index contributed by atoms with van der Waals surface area (Å²) < 4.78 is 50.0. The van der Waals surface area contributed by atoms with Gasteiger partial charge < -0.3 is 24.5 Å². The minimum atomic E-state index is -3.77. The summed E-state index contributed by atoms with van der Waals surface area (Å²) in [6.45, 7) is 0.931. The number of carbonyl (C=O) groups excluding carboxylic acids is 1. The van der Waals surface area contributed by atoms with Gasteiger partial charge in [-0.25, -0.2) is 12.8 Å². The fourth-order valence-corrected chi connectivity index (χ4v) is 4.96. The predicted octanol–water partition coefficient (Wildman–Crippen LogP) is 1.09. The standard InChI is InChI=1S/C22H24FN3O7S/c1-34(30,31)17-9-14(23)5-4-13(17)10-25-21(28)18-20(27)19-16(3-2-6-24-19)26(22(18)29)11-15-12-32-7-8-33-15/h4-6,9,15,27H,2-3,7-8,10-12H2,1H3,(H,25,28). The maximum atomic E-state index is 13.6. The molecule has 1 unspecified atom stereocenters. The first kappa shape index (κ1) is 24.0. The van der Waals surface area contributed by atoms with E-state index in [1.807, 2.05) is 0 Å². The molecule has 1 aromatic carbocycles. The number of pyridine rings is 1. The molecule has 2 aliphatic rings. The minimum Gasteiger partial charge on any atom is -0.505 e. The van der Waals surface area contributed by atoms with Crippen LogP contribution in [0.15, 0.2) is 32.9 Å². The van der Waals surface area contributed by atoms with Crippen molar-refractivity contribution in [2.45, 2.75) is 36.9 Å². The summed E-state index contributed by atoms with van der Waals surface area (Å²) >= 11 is 0. The lowest BCUT2D eigenvalue weighted by Crippen LogP contribution is -2.40. The average molecular weight is 494 g/mol. The van der Waals surface area contributed by atoms with Crippen LogP contribution in [0.4, 0.5) is 10.1 Å². The molecule has 1 saturated heterocycles. The Bertz CT molecular complexity index is 1310. The fourth-order valence-electron chi connectivity index (χ4n) is 4.01. The van der Waals surface area contributed by atoms with Gasteiger partial charge in [-0.05, 0) is 30.5 Å². The lowest BCUT2D eigenvalue weighted by atomic mass is 10.1. The summed E-state index contributed by atoms with van der Waals surface area (Å²) in [7, 11) is -3.77. The molecule has 3 heterocycles. The number of carbonyl (C=O) groups is 1. The van der Waals surface area contributed by atoms with Gasteiger partial charge in [0.25, 0.3) is 11.5 Å². The quantitative estimate of drug-likeness (QED) is 0.615. The Morgan fingerprint density at radius 3 is 2.85 bits per heavy atom. The zero-order valence-corrected chi connectivity index (χ0v) is 19.2. The van der Waals surface area contributed by atoms with Gasteiger partial charge in [0.2, 0.25) is 0 Å². The van der Waals surface area contributed by atoms with E-state index in [-0.39, 0.29) is 35.8 Å². The molecule has 182 valence electrons. The summed E-state index contributed by atoms with van der Waals surface area (Å²) in [5.74, 6) is -2.20. The Kier molecular flexibility index (Phi) is 6.82. The van der Waals surface area contributed by atoms with Gasteiger partial charge in [-0.3, -0.25) is 14.6 Å². The number of aromatic hydroxyl groups is 1. The van der Waals surface area contributed by atoms with Crippen LogP contribution in [0.5, 0.6) is 5.75 Å². The lowest BCUT2D eigenvalue weighted by Gasteiger charge is -2.26. The highest BCUT2D eigenvalue weighted by Crippen LogP contribution is 2.35. The van der Waals surface area contributed by atoms with E-state index in [1.165, 1.54) is 10.6 Å². The van der Waals surface area contributed by atoms with Gasteiger partial charge in [0.05, 0.1) is 43.1 Å². The summed E-state index contributed by atoms with van der Waals surface area (Å²) in [4.78, 5) is 30.2. The van der Waals surface area contributed by atoms with Crippen molar-refractivity contribution in [1.82, 2.24) is 9.88 Å². The monoisotopic (exact) mass is 493 g/mol. The van der Waals surface area contributed by atoms with Crippen LogP contribution >= 0.6 is 0 Å². The van der Waals surface area contributed by atoms with Crippen molar-refractivity contribution < 1.29 is 32.2 Å². The molecule has 0 saturated carbocycles. The number of aliphatic imine (C=N–C) groups is 1. The van der Waals surface area contributed by atoms with Gasteiger partial charge in [0.1, 0.15) is 17.1 Å². The van der Waals surface area contributed by atoms with Crippen LogP contribution in [0.1, 0.15) is 28.0 Å². The first-order valence-corrected chi connectivity index (χ1v) is 12.5.